The van der Waals surface area contributed by atoms with E-state index in [1.807, 2.05) is 121 Å². The van der Waals surface area contributed by atoms with E-state index >= 15 is 0 Å². The lowest BCUT2D eigenvalue weighted by molar-refractivity contribution is -0.275. The molecule has 1 heterocycles. The van der Waals surface area contributed by atoms with Gasteiger partial charge in [0.2, 0.25) is 0 Å². The third-order valence-corrected chi connectivity index (χ3v) is 9.28. The van der Waals surface area contributed by atoms with Gasteiger partial charge in [0.15, 0.2) is 0 Å². The molecule has 9 heteroatoms. The molecule has 0 spiro atoms. The highest BCUT2D eigenvalue weighted by Gasteiger charge is 2.50. The predicted octanol–water partition coefficient (Wildman–Crippen LogP) is 8.39. The summed E-state index contributed by atoms with van der Waals surface area (Å²) < 4.78 is 39.6. The summed E-state index contributed by atoms with van der Waals surface area (Å²) in [5, 5.41) is 10.0. The zero-order valence-electron chi connectivity index (χ0n) is 29.0. The number of carboxylic acid groups (broad SMARTS) is 1. The van der Waals surface area contributed by atoms with E-state index in [0.717, 1.165) is 22.3 Å². The van der Waals surface area contributed by atoms with Gasteiger partial charge < -0.3 is 33.5 Å². The lowest BCUT2D eigenvalue weighted by atomic mass is 9.89. The second-order valence-corrected chi connectivity index (χ2v) is 13.0. The molecule has 6 rings (SSSR count). The molecule has 1 saturated heterocycles. The van der Waals surface area contributed by atoms with Crippen molar-refractivity contribution in [3.63, 3.8) is 0 Å². The largest absolute Gasteiger partial charge is 0.496 e. The van der Waals surface area contributed by atoms with Gasteiger partial charge in [-0.05, 0) is 39.9 Å². The molecule has 0 aliphatic carbocycles. The summed E-state index contributed by atoms with van der Waals surface area (Å²) in [7, 11) is 1.55. The van der Waals surface area contributed by atoms with Crippen molar-refractivity contribution in [2.75, 3.05) is 13.7 Å². The van der Waals surface area contributed by atoms with E-state index < -0.39 is 36.5 Å². The molecule has 1 fully saturated rings. The summed E-state index contributed by atoms with van der Waals surface area (Å²) in [4.78, 5) is 11.9. The molecule has 52 heavy (non-hydrogen) atoms. The molecule has 5 unspecified atom stereocenters. The average molecular weight is 723 g/mol. The van der Waals surface area contributed by atoms with Gasteiger partial charge >= 0.3 is 5.97 Å². The molecule has 1 N–H and O–H groups in total. The first-order valence-electron chi connectivity index (χ1n) is 17.3. The number of carboxylic acids is 1. The Bertz CT molecular complexity index is 1820. The SMILES string of the molecule is COc1cc(Cl)c(CC(=O)O)cc1C1OC(COCc2ccccc2)C(OCc2ccccc2)C(OCc2ccccc2)C1OCc1ccccc1. The predicted molar refractivity (Wildman–Crippen MR) is 198 cm³/mol. The van der Waals surface area contributed by atoms with Crippen LogP contribution in [0.2, 0.25) is 5.02 Å². The van der Waals surface area contributed by atoms with Crippen LogP contribution in [0.5, 0.6) is 5.75 Å². The third kappa shape index (κ3) is 10.1. The molecule has 270 valence electrons. The van der Waals surface area contributed by atoms with E-state index in [1.165, 1.54) is 0 Å². The highest BCUT2D eigenvalue weighted by atomic mass is 35.5. The summed E-state index contributed by atoms with van der Waals surface area (Å²) >= 11 is 6.58. The fourth-order valence-electron chi connectivity index (χ4n) is 6.36. The minimum absolute atomic E-state index is 0.180. The normalized spacial score (nSPS) is 20.0. The fraction of sp³-hybridized carbons (Fsp3) is 0.279. The van der Waals surface area contributed by atoms with Gasteiger partial charge in [0, 0.05) is 10.6 Å². The van der Waals surface area contributed by atoms with E-state index in [0.29, 0.717) is 30.1 Å². The molecular formula is C43H43ClO8. The maximum absolute atomic E-state index is 11.9. The number of aliphatic carboxylic acids is 1. The Morgan fingerprint density at radius 1 is 0.654 bits per heavy atom. The maximum atomic E-state index is 11.9. The second-order valence-electron chi connectivity index (χ2n) is 12.6. The standard InChI is InChI=1S/C43H43ClO8/c1-47-37-24-36(44)34(23-39(45)46)22-35(37)40-42(50-27-32-18-10-4-11-19-32)43(51-28-33-20-12-5-13-21-33)41(49-26-31-16-8-3-9-17-31)38(52-40)29-48-25-30-14-6-2-7-15-30/h2-22,24,38,40-43H,23,25-29H2,1H3,(H,45,46). The van der Waals surface area contributed by atoms with Crippen LogP contribution in [0.25, 0.3) is 0 Å². The second kappa shape index (κ2) is 18.8. The zero-order chi connectivity index (χ0) is 36.1. The van der Waals surface area contributed by atoms with Crippen molar-refractivity contribution in [1.29, 1.82) is 0 Å². The molecule has 5 atom stereocenters. The Labute approximate surface area is 309 Å². The van der Waals surface area contributed by atoms with Gasteiger partial charge in [0.25, 0.3) is 0 Å². The summed E-state index contributed by atoms with van der Waals surface area (Å²) in [5.41, 5.74) is 4.98. The number of rotatable bonds is 17. The molecule has 1 aliphatic rings. The van der Waals surface area contributed by atoms with Gasteiger partial charge in [0.05, 0.1) is 46.6 Å². The molecular weight excluding hydrogens is 680 g/mol. The minimum atomic E-state index is -1.01. The number of halogens is 1. The van der Waals surface area contributed by atoms with Crippen LogP contribution >= 0.6 is 11.6 Å². The monoisotopic (exact) mass is 722 g/mol. The lowest BCUT2D eigenvalue weighted by Gasteiger charge is -2.46. The maximum Gasteiger partial charge on any atom is 0.307 e. The molecule has 0 saturated carbocycles. The van der Waals surface area contributed by atoms with Crippen LogP contribution in [-0.4, -0.2) is 49.2 Å². The zero-order valence-corrected chi connectivity index (χ0v) is 29.8. The van der Waals surface area contributed by atoms with Crippen LogP contribution in [0.3, 0.4) is 0 Å². The first-order valence-corrected chi connectivity index (χ1v) is 17.7. The van der Waals surface area contributed by atoms with Crippen LogP contribution in [0, 0.1) is 0 Å². The van der Waals surface area contributed by atoms with Crippen LogP contribution < -0.4 is 4.74 Å². The van der Waals surface area contributed by atoms with E-state index in [4.69, 9.17) is 40.0 Å². The molecule has 5 aromatic rings. The Morgan fingerprint density at radius 2 is 1.12 bits per heavy atom. The first kappa shape index (κ1) is 37.2. The Kier molecular flexibility index (Phi) is 13.5. The number of hydrogen-bond donors (Lipinski definition) is 1. The third-order valence-electron chi connectivity index (χ3n) is 8.93. The van der Waals surface area contributed by atoms with Crippen LogP contribution in [0.15, 0.2) is 133 Å². The summed E-state index contributed by atoms with van der Waals surface area (Å²) in [6, 6.07) is 43.0. The topological polar surface area (TPSA) is 92.7 Å². The molecule has 5 aromatic carbocycles. The van der Waals surface area contributed by atoms with Crippen molar-refractivity contribution in [3.05, 3.63) is 172 Å². The average Bonchev–Trinajstić information content (AvgIpc) is 3.18. The number of methoxy groups -OCH3 is 1. The van der Waals surface area contributed by atoms with Crippen LogP contribution in [-0.2, 0) is 61.3 Å². The van der Waals surface area contributed by atoms with E-state index in [-0.39, 0.29) is 31.3 Å². The van der Waals surface area contributed by atoms with Crippen LogP contribution in [0.4, 0.5) is 0 Å². The highest BCUT2D eigenvalue weighted by Crippen LogP contribution is 2.43. The smallest absolute Gasteiger partial charge is 0.307 e. The van der Waals surface area contributed by atoms with E-state index in [2.05, 4.69) is 0 Å². The number of carbonyl (C=O) groups is 1. The van der Waals surface area contributed by atoms with Gasteiger partial charge in [0.1, 0.15) is 36.3 Å². The van der Waals surface area contributed by atoms with Crippen molar-refractivity contribution in [3.8, 4) is 5.75 Å². The number of ether oxygens (including phenoxy) is 6. The molecule has 1 aliphatic heterocycles. The van der Waals surface area contributed by atoms with Crippen molar-refractivity contribution >= 4 is 17.6 Å². The quantitative estimate of drug-likeness (QED) is 0.102. The number of benzene rings is 5. The Balaban J connectivity index is 1.42. The van der Waals surface area contributed by atoms with Crippen molar-refractivity contribution in [2.45, 2.75) is 63.4 Å². The summed E-state index contributed by atoms with van der Waals surface area (Å²) in [6.45, 7) is 1.40. The van der Waals surface area contributed by atoms with E-state index in [1.54, 1.807) is 19.2 Å². The number of hydrogen-bond acceptors (Lipinski definition) is 7. The Hall–Kier alpha value is -4.54. The fourth-order valence-corrected chi connectivity index (χ4v) is 6.58. The molecule has 8 nitrogen and oxygen atoms in total. The summed E-state index contributed by atoms with van der Waals surface area (Å²) in [5.74, 6) is -0.572. The van der Waals surface area contributed by atoms with Gasteiger partial charge in [-0.2, -0.15) is 0 Å². The Morgan fingerprint density at radius 3 is 1.60 bits per heavy atom. The van der Waals surface area contributed by atoms with Crippen LogP contribution in [0.1, 0.15) is 39.5 Å². The van der Waals surface area contributed by atoms with Crippen molar-refractivity contribution in [2.24, 2.45) is 0 Å². The highest BCUT2D eigenvalue weighted by molar-refractivity contribution is 6.31. The van der Waals surface area contributed by atoms with Crippen molar-refractivity contribution < 1.29 is 38.3 Å². The minimum Gasteiger partial charge on any atom is -0.496 e. The van der Waals surface area contributed by atoms with E-state index in [9.17, 15) is 9.90 Å². The molecule has 0 bridgehead atoms. The molecule has 0 radical (unpaired) electrons. The van der Waals surface area contributed by atoms with Gasteiger partial charge in [-0.25, -0.2) is 0 Å². The molecule has 0 amide bonds. The lowest BCUT2D eigenvalue weighted by Crippen LogP contribution is -2.58. The first-order chi connectivity index (χ1) is 25.5. The van der Waals surface area contributed by atoms with Gasteiger partial charge in [-0.1, -0.05) is 133 Å². The van der Waals surface area contributed by atoms with Crippen molar-refractivity contribution in [1.82, 2.24) is 0 Å². The summed E-state index contributed by atoms with van der Waals surface area (Å²) in [6.07, 6.45) is -3.72. The van der Waals surface area contributed by atoms with Gasteiger partial charge in [-0.15, -0.1) is 0 Å². The molecule has 0 aromatic heterocycles. The van der Waals surface area contributed by atoms with Gasteiger partial charge in [-0.3, -0.25) is 4.79 Å².